The van der Waals surface area contributed by atoms with Gasteiger partial charge in [-0.25, -0.2) is 0 Å². The molecule has 0 amide bonds. The lowest BCUT2D eigenvalue weighted by molar-refractivity contribution is -0.137. The molecular formula is C5H12BNO4S. The molecule has 0 aliphatic heterocycles. The Morgan fingerprint density at radius 3 is 2.50 bits per heavy atom. The molecule has 0 heterocycles. The van der Waals surface area contributed by atoms with Gasteiger partial charge in [0, 0.05) is 10.9 Å². The van der Waals surface area contributed by atoms with Crippen LogP contribution in [0.1, 0.15) is 6.92 Å². The number of aliphatic carboxylic acids is 1. The molecule has 0 aliphatic carbocycles. The van der Waals surface area contributed by atoms with Crippen LogP contribution in [-0.2, 0) is 4.79 Å². The molecule has 0 saturated carbocycles. The highest BCUT2D eigenvalue weighted by Crippen LogP contribution is 2.11. The van der Waals surface area contributed by atoms with Gasteiger partial charge >= 0.3 is 13.1 Å². The molecule has 0 aromatic carbocycles. The Morgan fingerprint density at radius 1 is 1.67 bits per heavy atom. The predicted molar refractivity (Wildman–Crippen MR) is 47.7 cm³/mol. The summed E-state index contributed by atoms with van der Waals surface area (Å²) >= 11 is 1.12. The first kappa shape index (κ1) is 11.8. The first-order valence-corrected chi connectivity index (χ1v) is 4.46. The molecule has 0 rings (SSSR count). The minimum atomic E-state index is -1.43. The van der Waals surface area contributed by atoms with Crippen molar-refractivity contribution in [3.05, 3.63) is 0 Å². The van der Waals surface area contributed by atoms with Gasteiger partial charge in [0.25, 0.3) is 0 Å². The number of carboxylic acid groups (broad SMARTS) is 1. The van der Waals surface area contributed by atoms with E-state index in [1.165, 1.54) is 0 Å². The van der Waals surface area contributed by atoms with Gasteiger partial charge in [0.15, 0.2) is 0 Å². The van der Waals surface area contributed by atoms with Crippen molar-refractivity contribution in [3.8, 4) is 0 Å². The summed E-state index contributed by atoms with van der Waals surface area (Å²) in [4.78, 5) is 10.2. The molecule has 0 bridgehead atoms. The molecule has 0 aromatic rings. The van der Waals surface area contributed by atoms with Crippen LogP contribution in [0.15, 0.2) is 0 Å². The highest BCUT2D eigenvalue weighted by molar-refractivity contribution is 8.01. The maximum absolute atomic E-state index is 10.2. The topological polar surface area (TPSA) is 104 Å². The Labute approximate surface area is 75.1 Å². The van der Waals surface area contributed by atoms with E-state index in [4.69, 9.17) is 20.9 Å². The predicted octanol–water partition coefficient (Wildman–Crippen LogP) is -1.47. The normalized spacial score (nSPS) is 15.3. The lowest BCUT2D eigenvalue weighted by Crippen LogP contribution is -2.35. The molecule has 0 fully saturated rings. The van der Waals surface area contributed by atoms with Crippen LogP contribution in [0.3, 0.4) is 0 Å². The van der Waals surface area contributed by atoms with E-state index in [1.54, 1.807) is 6.92 Å². The van der Waals surface area contributed by atoms with Gasteiger partial charge in [-0.15, -0.1) is 0 Å². The third-order valence-electron chi connectivity index (χ3n) is 1.28. The van der Waals surface area contributed by atoms with E-state index in [-0.39, 0.29) is 5.75 Å². The zero-order valence-electron chi connectivity index (χ0n) is 6.67. The first-order chi connectivity index (χ1) is 5.45. The summed E-state index contributed by atoms with van der Waals surface area (Å²) in [6.45, 7) is 1.59. The third kappa shape index (κ3) is 4.60. The van der Waals surface area contributed by atoms with Crippen LogP contribution < -0.4 is 5.73 Å². The SMILES string of the molecule is CC(SC[C@H](N)C(=O)O)B(O)O. The average Bonchev–Trinajstić information content (AvgIpc) is 1.98. The molecule has 5 nitrogen and oxygen atoms in total. The van der Waals surface area contributed by atoms with Crippen LogP contribution in [0.2, 0.25) is 0 Å². The lowest BCUT2D eigenvalue weighted by Gasteiger charge is -2.11. The Balaban J connectivity index is 3.61. The van der Waals surface area contributed by atoms with E-state index in [2.05, 4.69) is 0 Å². The zero-order valence-corrected chi connectivity index (χ0v) is 7.49. The lowest BCUT2D eigenvalue weighted by atomic mass is 9.87. The molecule has 12 heavy (non-hydrogen) atoms. The van der Waals surface area contributed by atoms with Crippen molar-refractivity contribution in [3.63, 3.8) is 0 Å². The first-order valence-electron chi connectivity index (χ1n) is 3.41. The van der Waals surface area contributed by atoms with Crippen LogP contribution in [0, 0.1) is 0 Å². The molecule has 70 valence electrons. The summed E-state index contributed by atoms with van der Waals surface area (Å²) in [5, 5.41) is 25.2. The highest BCUT2D eigenvalue weighted by Gasteiger charge is 2.21. The summed E-state index contributed by atoms with van der Waals surface area (Å²) in [7, 11) is -1.43. The standard InChI is InChI=1S/C5H12BNO4S/c1-3(6(10)11)12-2-4(7)5(8)9/h3-4,10-11H,2,7H2,1H3,(H,8,9)/t3?,4-/m0/s1. The monoisotopic (exact) mass is 193 g/mol. The van der Waals surface area contributed by atoms with Crippen LogP contribution in [0.5, 0.6) is 0 Å². The van der Waals surface area contributed by atoms with Gasteiger partial charge in [-0.2, -0.15) is 11.8 Å². The van der Waals surface area contributed by atoms with E-state index in [1.807, 2.05) is 0 Å². The molecule has 0 saturated heterocycles. The van der Waals surface area contributed by atoms with Crippen LogP contribution in [-0.4, -0.2) is 45.2 Å². The molecule has 1 unspecified atom stereocenters. The largest absolute Gasteiger partial charge is 0.480 e. The maximum Gasteiger partial charge on any atom is 0.465 e. The van der Waals surface area contributed by atoms with Gasteiger partial charge in [0.1, 0.15) is 6.04 Å². The van der Waals surface area contributed by atoms with E-state index in [0.29, 0.717) is 0 Å². The van der Waals surface area contributed by atoms with Gasteiger partial charge in [-0.05, 0) is 0 Å². The fraction of sp³-hybridized carbons (Fsp3) is 0.800. The van der Waals surface area contributed by atoms with Crippen molar-refractivity contribution in [2.45, 2.75) is 18.1 Å². The van der Waals surface area contributed by atoms with Crippen molar-refractivity contribution in [2.75, 3.05) is 5.75 Å². The number of hydrogen-bond acceptors (Lipinski definition) is 5. The Kier molecular flexibility index (Phi) is 5.31. The third-order valence-corrected chi connectivity index (χ3v) is 2.60. The second-order valence-electron chi connectivity index (χ2n) is 2.40. The van der Waals surface area contributed by atoms with Crippen molar-refractivity contribution < 1.29 is 19.9 Å². The number of thioether (sulfide) groups is 1. The molecule has 0 spiro atoms. The highest BCUT2D eigenvalue weighted by atomic mass is 32.2. The average molecular weight is 193 g/mol. The summed E-state index contributed by atoms with van der Waals surface area (Å²) in [6, 6.07) is -0.948. The van der Waals surface area contributed by atoms with Crippen molar-refractivity contribution in [1.82, 2.24) is 0 Å². The fourth-order valence-electron chi connectivity index (χ4n) is 0.413. The minimum Gasteiger partial charge on any atom is -0.480 e. The Bertz CT molecular complexity index is 156. The molecule has 0 radical (unpaired) electrons. The van der Waals surface area contributed by atoms with E-state index in [0.717, 1.165) is 11.8 Å². The van der Waals surface area contributed by atoms with Gasteiger partial charge in [-0.1, -0.05) is 6.92 Å². The molecule has 5 N–H and O–H groups in total. The van der Waals surface area contributed by atoms with Gasteiger partial charge in [0.2, 0.25) is 0 Å². The molecule has 0 aliphatic rings. The quantitative estimate of drug-likeness (QED) is 0.397. The summed E-state index contributed by atoms with van der Waals surface area (Å²) in [6.07, 6.45) is 0. The van der Waals surface area contributed by atoms with Crippen molar-refractivity contribution >= 4 is 24.8 Å². The van der Waals surface area contributed by atoms with E-state index < -0.39 is 24.3 Å². The smallest absolute Gasteiger partial charge is 0.465 e. The second kappa shape index (κ2) is 5.42. The van der Waals surface area contributed by atoms with Crippen LogP contribution >= 0.6 is 11.8 Å². The zero-order chi connectivity index (χ0) is 9.72. The Hall–Kier alpha value is -0.235. The van der Waals surface area contributed by atoms with Crippen molar-refractivity contribution in [1.29, 1.82) is 0 Å². The summed E-state index contributed by atoms with van der Waals surface area (Å²) in [5.41, 5.74) is 5.18. The fourth-order valence-corrected chi connectivity index (χ4v) is 1.24. The number of carbonyl (C=O) groups is 1. The maximum atomic E-state index is 10.2. The molecule has 2 atom stereocenters. The second-order valence-corrected chi connectivity index (χ2v) is 3.81. The number of hydrogen-bond donors (Lipinski definition) is 4. The van der Waals surface area contributed by atoms with Gasteiger partial charge in [0.05, 0.1) is 0 Å². The van der Waals surface area contributed by atoms with Gasteiger partial charge < -0.3 is 20.9 Å². The summed E-state index contributed by atoms with van der Waals surface area (Å²) in [5.74, 6) is -0.907. The molecular weight excluding hydrogens is 181 g/mol. The van der Waals surface area contributed by atoms with Crippen LogP contribution in [0.4, 0.5) is 0 Å². The number of nitrogens with two attached hydrogens (primary N) is 1. The van der Waals surface area contributed by atoms with Crippen molar-refractivity contribution in [2.24, 2.45) is 5.73 Å². The minimum absolute atomic E-state index is 0.175. The Morgan fingerprint density at radius 2 is 2.17 bits per heavy atom. The number of carboxylic acids is 1. The molecule has 7 heteroatoms. The number of rotatable bonds is 5. The van der Waals surface area contributed by atoms with E-state index >= 15 is 0 Å². The van der Waals surface area contributed by atoms with E-state index in [9.17, 15) is 4.79 Å². The molecule has 0 aromatic heterocycles. The van der Waals surface area contributed by atoms with Gasteiger partial charge in [-0.3, -0.25) is 4.79 Å². The van der Waals surface area contributed by atoms with Crippen LogP contribution in [0.25, 0.3) is 0 Å². The summed E-state index contributed by atoms with van der Waals surface area (Å²) < 4.78 is 0.